The third-order valence-corrected chi connectivity index (χ3v) is 2.99. The van der Waals surface area contributed by atoms with Gasteiger partial charge in [0.15, 0.2) is 0 Å². The van der Waals surface area contributed by atoms with Crippen molar-refractivity contribution in [2.24, 2.45) is 0 Å². The Morgan fingerprint density at radius 2 is 1.94 bits per heavy atom. The maximum absolute atomic E-state index is 5.98. The average Bonchev–Trinajstić information content (AvgIpc) is 2.27. The predicted molar refractivity (Wildman–Crippen MR) is 72.9 cm³/mol. The first-order valence-corrected chi connectivity index (χ1v) is 6.15. The highest BCUT2D eigenvalue weighted by Gasteiger charge is 2.06. The molecule has 0 saturated heterocycles. The molecule has 0 saturated carbocycles. The Morgan fingerprint density at radius 1 is 1.18 bits per heavy atom. The number of hydrogen-bond acceptors (Lipinski definition) is 3. The van der Waals surface area contributed by atoms with Crippen LogP contribution in [0.4, 0.5) is 5.69 Å². The highest BCUT2D eigenvalue weighted by atomic mass is 79.9. The molecule has 0 bridgehead atoms. The van der Waals surface area contributed by atoms with Gasteiger partial charge >= 0.3 is 0 Å². The zero-order valence-corrected chi connectivity index (χ0v) is 11.6. The molecule has 0 aliphatic heterocycles. The van der Waals surface area contributed by atoms with Crippen LogP contribution in [0, 0.1) is 0 Å². The van der Waals surface area contributed by atoms with E-state index in [1.54, 1.807) is 30.5 Å². The average molecular weight is 334 g/mol. The number of aromatic nitrogens is 1. The summed E-state index contributed by atoms with van der Waals surface area (Å²) in [5.74, 6) is 0.844. The van der Waals surface area contributed by atoms with Crippen LogP contribution in [-0.4, -0.2) is 4.98 Å². The Bertz CT molecular complexity index is 563. The van der Waals surface area contributed by atoms with Crippen molar-refractivity contribution < 1.29 is 4.74 Å². The Balaban J connectivity index is 2.28. The number of nitrogens with zero attached hydrogens (tertiary/aromatic N) is 1. The molecule has 88 valence electrons. The molecule has 0 amide bonds. The number of anilines is 1. The summed E-state index contributed by atoms with van der Waals surface area (Å²) in [6.07, 6.45) is 1.60. The van der Waals surface area contributed by atoms with Gasteiger partial charge in [-0.2, -0.15) is 0 Å². The van der Waals surface area contributed by atoms with Crippen molar-refractivity contribution in [3.05, 3.63) is 45.0 Å². The Kier molecular flexibility index (Phi) is 3.76. The summed E-state index contributed by atoms with van der Waals surface area (Å²) in [7, 11) is 0. The molecule has 0 radical (unpaired) electrons. The second-order valence-corrected chi connectivity index (χ2v) is 4.96. The number of benzene rings is 1. The van der Waals surface area contributed by atoms with Crippen LogP contribution in [-0.2, 0) is 0 Å². The molecule has 2 aromatic rings. The predicted octanol–water partition coefficient (Wildman–Crippen LogP) is 4.53. The number of pyridine rings is 1. The molecule has 0 aliphatic carbocycles. The topological polar surface area (TPSA) is 48.1 Å². The van der Waals surface area contributed by atoms with Gasteiger partial charge in [-0.25, -0.2) is 4.98 Å². The van der Waals surface area contributed by atoms with Gasteiger partial charge in [-0.05, 0) is 34.1 Å². The molecule has 0 aliphatic rings. The minimum Gasteiger partial charge on any atom is -0.437 e. The van der Waals surface area contributed by atoms with Gasteiger partial charge in [0.2, 0.25) is 5.88 Å². The molecular weight excluding hydrogens is 327 g/mol. The normalized spacial score (nSPS) is 10.3. The van der Waals surface area contributed by atoms with Crippen LogP contribution in [0.15, 0.2) is 34.9 Å². The van der Waals surface area contributed by atoms with Crippen LogP contribution in [0.5, 0.6) is 11.6 Å². The summed E-state index contributed by atoms with van der Waals surface area (Å²) in [5.41, 5.74) is 6.09. The lowest BCUT2D eigenvalue weighted by atomic mass is 10.3. The van der Waals surface area contributed by atoms with E-state index in [-0.39, 0.29) is 0 Å². The number of ether oxygens (including phenoxy) is 1. The molecule has 1 heterocycles. The highest BCUT2D eigenvalue weighted by Crippen LogP contribution is 2.31. The molecular formula is C11H7BrCl2N2O. The van der Waals surface area contributed by atoms with E-state index in [9.17, 15) is 0 Å². The zero-order chi connectivity index (χ0) is 12.4. The summed E-state index contributed by atoms with van der Waals surface area (Å²) in [6.45, 7) is 0. The van der Waals surface area contributed by atoms with Crippen molar-refractivity contribution in [3.8, 4) is 11.6 Å². The highest BCUT2D eigenvalue weighted by molar-refractivity contribution is 9.10. The zero-order valence-electron chi connectivity index (χ0n) is 8.45. The molecule has 17 heavy (non-hydrogen) atoms. The lowest BCUT2D eigenvalue weighted by Gasteiger charge is -2.07. The van der Waals surface area contributed by atoms with E-state index in [4.69, 9.17) is 33.7 Å². The van der Waals surface area contributed by atoms with Crippen LogP contribution in [0.1, 0.15) is 0 Å². The second kappa shape index (κ2) is 5.12. The van der Waals surface area contributed by atoms with Crippen molar-refractivity contribution in [3.63, 3.8) is 0 Å². The fourth-order valence-corrected chi connectivity index (χ4v) is 2.00. The first-order chi connectivity index (χ1) is 8.06. The lowest BCUT2D eigenvalue weighted by Crippen LogP contribution is -1.91. The van der Waals surface area contributed by atoms with E-state index in [1.807, 2.05) is 0 Å². The van der Waals surface area contributed by atoms with Crippen molar-refractivity contribution in [1.82, 2.24) is 4.98 Å². The molecule has 3 nitrogen and oxygen atoms in total. The van der Waals surface area contributed by atoms with Gasteiger partial charge in [-0.3, -0.25) is 0 Å². The number of halogens is 3. The van der Waals surface area contributed by atoms with Crippen molar-refractivity contribution in [2.75, 3.05) is 5.73 Å². The van der Waals surface area contributed by atoms with Crippen molar-refractivity contribution in [2.45, 2.75) is 0 Å². The first-order valence-electron chi connectivity index (χ1n) is 4.60. The van der Waals surface area contributed by atoms with Gasteiger partial charge in [0.05, 0.1) is 10.7 Å². The molecule has 2 N–H and O–H groups in total. The fourth-order valence-electron chi connectivity index (χ4n) is 1.16. The molecule has 6 heteroatoms. The summed E-state index contributed by atoms with van der Waals surface area (Å²) in [6, 6.07) is 6.66. The second-order valence-electron chi connectivity index (χ2n) is 3.23. The summed E-state index contributed by atoms with van der Waals surface area (Å²) in [5, 5.41) is 0.836. The Labute approximate surface area is 117 Å². The van der Waals surface area contributed by atoms with Gasteiger partial charge in [-0.1, -0.05) is 23.2 Å². The molecule has 0 unspecified atom stereocenters. The van der Waals surface area contributed by atoms with Crippen LogP contribution in [0.25, 0.3) is 0 Å². The molecule has 0 atom stereocenters. The minimum atomic E-state index is 0.315. The smallest absolute Gasteiger partial charge is 0.238 e. The van der Waals surface area contributed by atoms with Crippen LogP contribution in [0.3, 0.4) is 0 Å². The maximum atomic E-state index is 5.98. The van der Waals surface area contributed by atoms with E-state index in [0.29, 0.717) is 27.4 Å². The van der Waals surface area contributed by atoms with Gasteiger partial charge < -0.3 is 10.5 Å². The number of hydrogen-bond donors (Lipinski definition) is 1. The van der Waals surface area contributed by atoms with E-state index < -0.39 is 0 Å². The van der Waals surface area contributed by atoms with Gasteiger partial charge in [0.1, 0.15) is 10.8 Å². The van der Waals surface area contributed by atoms with Gasteiger partial charge in [0.25, 0.3) is 0 Å². The Hall–Kier alpha value is -0.970. The quantitative estimate of drug-likeness (QED) is 0.821. The SMILES string of the molecule is Nc1ccc(Oc2ncc(Br)cc2Cl)cc1Cl. The minimum absolute atomic E-state index is 0.315. The summed E-state index contributed by atoms with van der Waals surface area (Å²) >= 11 is 15.1. The summed E-state index contributed by atoms with van der Waals surface area (Å²) < 4.78 is 6.28. The Morgan fingerprint density at radius 3 is 2.59 bits per heavy atom. The van der Waals surface area contributed by atoms with Gasteiger partial charge in [-0.15, -0.1) is 0 Å². The molecule has 1 aromatic heterocycles. The van der Waals surface area contributed by atoms with E-state index in [1.165, 1.54) is 0 Å². The van der Waals surface area contributed by atoms with E-state index in [2.05, 4.69) is 20.9 Å². The number of nitrogen functional groups attached to an aromatic ring is 1. The van der Waals surface area contributed by atoms with Crippen LogP contribution < -0.4 is 10.5 Å². The molecule has 1 aromatic carbocycles. The molecule has 0 fully saturated rings. The summed E-state index contributed by atoms with van der Waals surface area (Å²) in [4.78, 5) is 4.05. The van der Waals surface area contributed by atoms with Crippen molar-refractivity contribution in [1.29, 1.82) is 0 Å². The monoisotopic (exact) mass is 332 g/mol. The number of rotatable bonds is 2. The third kappa shape index (κ3) is 3.03. The number of nitrogens with two attached hydrogens (primary N) is 1. The molecule has 0 spiro atoms. The van der Waals surface area contributed by atoms with Gasteiger partial charge in [0, 0.05) is 16.7 Å². The van der Waals surface area contributed by atoms with E-state index >= 15 is 0 Å². The largest absolute Gasteiger partial charge is 0.437 e. The molecule has 2 rings (SSSR count). The standard InChI is InChI=1S/C11H7BrCl2N2O/c12-6-3-9(14)11(16-5-6)17-7-1-2-10(15)8(13)4-7/h1-5H,15H2. The third-order valence-electron chi connectivity index (χ3n) is 1.96. The fraction of sp³-hybridized carbons (Fsp3) is 0. The lowest BCUT2D eigenvalue weighted by molar-refractivity contribution is 0.463. The van der Waals surface area contributed by atoms with Crippen LogP contribution >= 0.6 is 39.1 Å². The van der Waals surface area contributed by atoms with Crippen LogP contribution in [0.2, 0.25) is 10.0 Å². The van der Waals surface area contributed by atoms with E-state index in [0.717, 1.165) is 4.47 Å². The van der Waals surface area contributed by atoms with Crippen molar-refractivity contribution >= 4 is 44.8 Å². The maximum Gasteiger partial charge on any atom is 0.238 e. The first kappa shape index (κ1) is 12.5.